The van der Waals surface area contributed by atoms with E-state index in [4.69, 9.17) is 16.7 Å². The van der Waals surface area contributed by atoms with Gasteiger partial charge < -0.3 is 15.5 Å². The molecule has 2 unspecified atom stereocenters. The number of nitrogens with one attached hydrogen (secondary N) is 1. The van der Waals surface area contributed by atoms with E-state index in [0.29, 0.717) is 15.9 Å². The quantitative estimate of drug-likeness (QED) is 0.794. The maximum atomic E-state index is 12.1. The lowest BCUT2D eigenvalue weighted by Crippen LogP contribution is -2.47. The highest BCUT2D eigenvalue weighted by molar-refractivity contribution is 6.35. The number of benzene rings is 1. The van der Waals surface area contributed by atoms with Crippen LogP contribution < -0.4 is 5.32 Å². The van der Waals surface area contributed by atoms with Crippen molar-refractivity contribution in [3.63, 3.8) is 0 Å². The Kier molecular flexibility index (Phi) is 4.40. The second-order valence-corrected chi connectivity index (χ2v) is 4.94. The van der Waals surface area contributed by atoms with Gasteiger partial charge in [-0.15, -0.1) is 0 Å². The molecule has 3 N–H and O–H groups in total. The van der Waals surface area contributed by atoms with E-state index in [2.05, 4.69) is 10.3 Å². The summed E-state index contributed by atoms with van der Waals surface area (Å²) in [6, 6.07) is 6.96. The number of fused-ring (bicyclic) bond motifs is 1. The van der Waals surface area contributed by atoms with Crippen molar-refractivity contribution in [3.05, 3.63) is 41.0 Å². The number of carbonyl (C=O) groups excluding carboxylic acids is 1. The average Bonchev–Trinajstić information content (AvgIpc) is 2.43. The van der Waals surface area contributed by atoms with Crippen LogP contribution in [-0.4, -0.2) is 39.2 Å². The maximum Gasteiger partial charge on any atom is 0.328 e. The van der Waals surface area contributed by atoms with Crippen LogP contribution in [0, 0.1) is 0 Å². The Bertz CT molecular complexity index is 702. The van der Waals surface area contributed by atoms with Gasteiger partial charge in [0, 0.05) is 5.39 Å². The van der Waals surface area contributed by atoms with E-state index in [1.165, 1.54) is 13.0 Å². The highest BCUT2D eigenvalue weighted by atomic mass is 35.5. The lowest BCUT2D eigenvalue weighted by atomic mass is 10.1. The number of aliphatic hydroxyl groups excluding tert-OH is 1. The molecule has 6 nitrogen and oxygen atoms in total. The van der Waals surface area contributed by atoms with Crippen molar-refractivity contribution in [3.8, 4) is 0 Å². The number of para-hydroxylation sites is 1. The molecule has 1 amide bonds. The highest BCUT2D eigenvalue weighted by Gasteiger charge is 2.26. The van der Waals surface area contributed by atoms with Crippen molar-refractivity contribution in [1.29, 1.82) is 0 Å². The number of nitrogens with zero attached hydrogens (tertiary/aromatic N) is 1. The fraction of sp³-hybridized carbons (Fsp3) is 0.214. The molecule has 2 atom stereocenters. The zero-order valence-corrected chi connectivity index (χ0v) is 11.8. The Morgan fingerprint density at radius 3 is 2.62 bits per heavy atom. The predicted octanol–water partition coefficient (Wildman–Crippen LogP) is 1.45. The smallest absolute Gasteiger partial charge is 0.328 e. The van der Waals surface area contributed by atoms with Gasteiger partial charge in [0.05, 0.1) is 16.6 Å². The molecule has 1 aromatic carbocycles. The van der Waals surface area contributed by atoms with E-state index in [-0.39, 0.29) is 5.69 Å². The van der Waals surface area contributed by atoms with Gasteiger partial charge in [0.1, 0.15) is 5.69 Å². The van der Waals surface area contributed by atoms with Crippen molar-refractivity contribution in [2.75, 3.05) is 0 Å². The Morgan fingerprint density at radius 2 is 2.00 bits per heavy atom. The van der Waals surface area contributed by atoms with Crippen LogP contribution in [0.3, 0.4) is 0 Å². The van der Waals surface area contributed by atoms with Gasteiger partial charge >= 0.3 is 5.97 Å². The van der Waals surface area contributed by atoms with Crippen molar-refractivity contribution < 1.29 is 19.8 Å². The second-order valence-electron chi connectivity index (χ2n) is 4.54. The fourth-order valence-corrected chi connectivity index (χ4v) is 2.12. The molecule has 2 rings (SSSR count). The number of aromatic nitrogens is 1. The van der Waals surface area contributed by atoms with Crippen molar-refractivity contribution in [2.24, 2.45) is 0 Å². The van der Waals surface area contributed by atoms with Crippen molar-refractivity contribution in [2.45, 2.75) is 19.1 Å². The number of hydrogen-bond acceptors (Lipinski definition) is 4. The van der Waals surface area contributed by atoms with Gasteiger partial charge in [0.2, 0.25) is 0 Å². The summed E-state index contributed by atoms with van der Waals surface area (Å²) in [5.74, 6) is -2.04. The first kappa shape index (κ1) is 15.2. The summed E-state index contributed by atoms with van der Waals surface area (Å²) in [4.78, 5) is 27.2. The maximum absolute atomic E-state index is 12.1. The second kappa shape index (κ2) is 6.07. The number of carboxylic acids is 1. The molecule has 0 aliphatic carbocycles. The minimum atomic E-state index is -1.41. The molecule has 2 aromatic rings. The summed E-state index contributed by atoms with van der Waals surface area (Å²) in [7, 11) is 0. The van der Waals surface area contributed by atoms with Crippen LogP contribution in [0.1, 0.15) is 17.4 Å². The standard InChI is InChI=1S/C14H13ClN2O4/c1-7(18)12(14(20)21)17-13(19)11-6-9(15)8-4-2-3-5-10(8)16-11/h2-7,12,18H,1H3,(H,17,19)(H,20,21). The zero-order valence-electron chi connectivity index (χ0n) is 11.1. The number of pyridine rings is 1. The number of aliphatic carboxylic acids is 1. The molecule has 0 fully saturated rings. The Morgan fingerprint density at radius 1 is 1.33 bits per heavy atom. The zero-order chi connectivity index (χ0) is 15.6. The molecular formula is C14H13ClN2O4. The van der Waals surface area contributed by atoms with Crippen molar-refractivity contribution >= 4 is 34.4 Å². The first-order valence-electron chi connectivity index (χ1n) is 6.17. The molecule has 0 aliphatic rings. The molecular weight excluding hydrogens is 296 g/mol. The molecule has 0 saturated carbocycles. The normalized spacial score (nSPS) is 13.7. The van der Waals surface area contributed by atoms with E-state index < -0.39 is 24.0 Å². The fourth-order valence-electron chi connectivity index (χ4n) is 1.85. The lowest BCUT2D eigenvalue weighted by molar-refractivity contribution is -0.141. The number of carboxylic acid groups (broad SMARTS) is 1. The lowest BCUT2D eigenvalue weighted by Gasteiger charge is -2.16. The van der Waals surface area contributed by atoms with E-state index >= 15 is 0 Å². The van der Waals surface area contributed by atoms with Gasteiger partial charge in [-0.2, -0.15) is 0 Å². The third-order valence-corrected chi connectivity index (χ3v) is 3.25. The van der Waals surface area contributed by atoms with Crippen LogP contribution in [0.15, 0.2) is 30.3 Å². The molecule has 0 spiro atoms. The summed E-state index contributed by atoms with van der Waals surface area (Å²) in [6.07, 6.45) is -1.23. The molecule has 0 radical (unpaired) electrons. The van der Waals surface area contributed by atoms with Gasteiger partial charge in [-0.1, -0.05) is 29.8 Å². The number of halogens is 1. The SMILES string of the molecule is CC(O)C(NC(=O)c1cc(Cl)c2ccccc2n1)C(=O)O. The van der Waals surface area contributed by atoms with Crippen molar-refractivity contribution in [1.82, 2.24) is 10.3 Å². The minimum absolute atomic E-state index is 0.00870. The molecule has 7 heteroatoms. The Balaban J connectivity index is 2.33. The first-order valence-corrected chi connectivity index (χ1v) is 6.55. The Hall–Kier alpha value is -2.18. The number of aliphatic hydroxyl groups is 1. The van der Waals surface area contributed by atoms with E-state index in [0.717, 1.165) is 0 Å². The number of rotatable bonds is 4. The largest absolute Gasteiger partial charge is 0.480 e. The molecule has 21 heavy (non-hydrogen) atoms. The van der Waals surface area contributed by atoms with Gasteiger partial charge in [-0.25, -0.2) is 9.78 Å². The average molecular weight is 309 g/mol. The molecule has 110 valence electrons. The molecule has 1 heterocycles. The van der Waals surface area contributed by atoms with E-state index in [1.54, 1.807) is 24.3 Å². The molecule has 0 saturated heterocycles. The van der Waals surface area contributed by atoms with Crippen LogP contribution in [0.2, 0.25) is 5.02 Å². The third-order valence-electron chi connectivity index (χ3n) is 2.93. The summed E-state index contributed by atoms with van der Waals surface area (Å²) < 4.78 is 0. The first-order chi connectivity index (χ1) is 9.90. The van der Waals surface area contributed by atoms with Crippen LogP contribution in [0.5, 0.6) is 0 Å². The highest BCUT2D eigenvalue weighted by Crippen LogP contribution is 2.22. The molecule has 0 aliphatic heterocycles. The van der Waals surface area contributed by atoms with Crippen LogP contribution in [0.4, 0.5) is 0 Å². The molecule has 1 aromatic heterocycles. The number of amides is 1. The number of carbonyl (C=O) groups is 2. The van der Waals surface area contributed by atoms with Crippen LogP contribution in [-0.2, 0) is 4.79 Å². The predicted molar refractivity (Wildman–Crippen MR) is 77.3 cm³/mol. The number of hydrogen-bond donors (Lipinski definition) is 3. The minimum Gasteiger partial charge on any atom is -0.480 e. The third kappa shape index (κ3) is 3.29. The van der Waals surface area contributed by atoms with E-state index in [1.807, 2.05) is 0 Å². The summed E-state index contributed by atoms with van der Waals surface area (Å²) >= 11 is 6.08. The summed E-state index contributed by atoms with van der Waals surface area (Å²) in [5.41, 5.74) is 0.518. The van der Waals surface area contributed by atoms with E-state index in [9.17, 15) is 14.7 Å². The van der Waals surface area contributed by atoms with Gasteiger partial charge in [-0.3, -0.25) is 4.79 Å². The monoisotopic (exact) mass is 308 g/mol. The van der Waals surface area contributed by atoms with Crippen LogP contribution in [0.25, 0.3) is 10.9 Å². The topological polar surface area (TPSA) is 99.5 Å². The van der Waals surface area contributed by atoms with Gasteiger partial charge in [0.15, 0.2) is 6.04 Å². The van der Waals surface area contributed by atoms with Gasteiger partial charge in [-0.05, 0) is 19.1 Å². The Labute approximate surface area is 125 Å². The summed E-state index contributed by atoms with van der Waals surface area (Å²) in [6.45, 7) is 1.28. The summed E-state index contributed by atoms with van der Waals surface area (Å²) in [5, 5.41) is 21.6. The van der Waals surface area contributed by atoms with Crippen LogP contribution >= 0.6 is 11.6 Å². The molecule has 0 bridgehead atoms. The van der Waals surface area contributed by atoms with Gasteiger partial charge in [0.25, 0.3) is 5.91 Å².